The first-order valence-electron chi connectivity index (χ1n) is 10.6. The number of furan rings is 2. The molecule has 0 aliphatic carbocycles. The van der Waals surface area contributed by atoms with Crippen LogP contribution in [0.25, 0.3) is 0 Å². The number of piperidine rings is 1. The molecule has 2 atom stereocenters. The molecule has 2 aromatic rings. The molecule has 0 amide bonds. The van der Waals surface area contributed by atoms with Crippen molar-refractivity contribution in [2.75, 3.05) is 32.7 Å². The predicted octanol–water partition coefficient (Wildman–Crippen LogP) is 3.79. The molecule has 0 radical (unpaired) electrons. The highest BCUT2D eigenvalue weighted by Gasteiger charge is 2.27. The SMILES string of the molecule is CCNC(=NCC(C)(O)c1ccc(C)o1)NCC(c1ccco1)N1CCCCC1.I. The van der Waals surface area contributed by atoms with E-state index in [0.717, 1.165) is 31.2 Å². The lowest BCUT2D eigenvalue weighted by atomic mass is 10.0. The lowest BCUT2D eigenvalue weighted by Crippen LogP contribution is -2.45. The van der Waals surface area contributed by atoms with Crippen LogP contribution in [0, 0.1) is 6.92 Å². The van der Waals surface area contributed by atoms with Crippen molar-refractivity contribution in [3.8, 4) is 0 Å². The fourth-order valence-electron chi connectivity index (χ4n) is 3.69. The van der Waals surface area contributed by atoms with Crippen molar-refractivity contribution in [3.05, 3.63) is 47.8 Å². The number of halogens is 1. The zero-order chi connectivity index (χ0) is 20.7. The van der Waals surface area contributed by atoms with Crippen molar-refractivity contribution < 1.29 is 13.9 Å². The van der Waals surface area contributed by atoms with Crippen molar-refractivity contribution in [3.63, 3.8) is 0 Å². The number of likely N-dealkylation sites (tertiary alicyclic amines) is 1. The first-order chi connectivity index (χ1) is 14.0. The number of aliphatic imine (C=N–C) groups is 1. The van der Waals surface area contributed by atoms with E-state index in [2.05, 4.69) is 20.5 Å². The number of nitrogens with zero attached hydrogens (tertiary/aromatic N) is 2. The Labute approximate surface area is 196 Å². The average molecular weight is 530 g/mol. The van der Waals surface area contributed by atoms with Gasteiger partial charge in [0.2, 0.25) is 0 Å². The quantitative estimate of drug-likeness (QED) is 0.274. The van der Waals surface area contributed by atoms with E-state index >= 15 is 0 Å². The Morgan fingerprint density at radius 2 is 2.00 bits per heavy atom. The van der Waals surface area contributed by atoms with Crippen LogP contribution in [0.5, 0.6) is 0 Å². The summed E-state index contributed by atoms with van der Waals surface area (Å²) < 4.78 is 11.3. The summed E-state index contributed by atoms with van der Waals surface area (Å²) in [7, 11) is 0. The van der Waals surface area contributed by atoms with Crippen LogP contribution in [0.1, 0.15) is 56.4 Å². The van der Waals surface area contributed by atoms with Gasteiger partial charge in [0, 0.05) is 13.1 Å². The Balaban J connectivity index is 0.00000320. The van der Waals surface area contributed by atoms with Crippen molar-refractivity contribution in [2.24, 2.45) is 4.99 Å². The van der Waals surface area contributed by atoms with E-state index in [1.807, 2.05) is 32.0 Å². The second kappa shape index (κ2) is 11.8. The van der Waals surface area contributed by atoms with Gasteiger partial charge in [0.15, 0.2) is 5.96 Å². The minimum Gasteiger partial charge on any atom is -0.468 e. The van der Waals surface area contributed by atoms with Crippen LogP contribution in [0.4, 0.5) is 0 Å². The van der Waals surface area contributed by atoms with Crippen LogP contribution in [0.2, 0.25) is 0 Å². The molecule has 1 fully saturated rings. The summed E-state index contributed by atoms with van der Waals surface area (Å²) in [6.45, 7) is 9.39. The van der Waals surface area contributed by atoms with Crippen molar-refractivity contribution in [1.29, 1.82) is 0 Å². The van der Waals surface area contributed by atoms with Gasteiger partial charge in [-0.3, -0.25) is 4.90 Å². The van der Waals surface area contributed by atoms with Crippen LogP contribution in [-0.2, 0) is 5.60 Å². The zero-order valence-corrected chi connectivity index (χ0v) is 20.5. The number of nitrogens with one attached hydrogen (secondary N) is 2. The van der Waals surface area contributed by atoms with Crippen LogP contribution < -0.4 is 10.6 Å². The molecule has 3 N–H and O–H groups in total. The highest BCUT2D eigenvalue weighted by atomic mass is 127. The number of hydrogen-bond acceptors (Lipinski definition) is 5. The summed E-state index contributed by atoms with van der Waals surface area (Å²) in [6, 6.07) is 7.78. The summed E-state index contributed by atoms with van der Waals surface area (Å²) in [4.78, 5) is 7.08. The normalized spacial score (nSPS) is 18.3. The first kappa shape index (κ1) is 24.7. The van der Waals surface area contributed by atoms with E-state index in [-0.39, 0.29) is 36.6 Å². The van der Waals surface area contributed by atoms with Gasteiger partial charge >= 0.3 is 0 Å². The van der Waals surface area contributed by atoms with Crippen LogP contribution in [0.15, 0.2) is 44.4 Å². The third-order valence-electron chi connectivity index (χ3n) is 5.33. The van der Waals surface area contributed by atoms with Gasteiger partial charge in [0.25, 0.3) is 0 Å². The predicted molar refractivity (Wildman–Crippen MR) is 129 cm³/mol. The average Bonchev–Trinajstić information content (AvgIpc) is 3.39. The molecule has 3 heterocycles. The molecule has 0 spiro atoms. The molecule has 7 nitrogen and oxygen atoms in total. The molecule has 8 heteroatoms. The third kappa shape index (κ3) is 6.75. The molecule has 0 aromatic carbocycles. The third-order valence-corrected chi connectivity index (χ3v) is 5.33. The fourth-order valence-corrected chi connectivity index (χ4v) is 3.69. The summed E-state index contributed by atoms with van der Waals surface area (Å²) in [6.07, 6.45) is 5.46. The minimum atomic E-state index is -1.16. The molecular weight excluding hydrogens is 495 g/mol. The molecule has 3 rings (SSSR count). The van der Waals surface area contributed by atoms with Gasteiger partial charge in [-0.25, -0.2) is 4.99 Å². The van der Waals surface area contributed by atoms with Crippen LogP contribution in [-0.4, -0.2) is 48.7 Å². The van der Waals surface area contributed by atoms with Crippen molar-refractivity contribution >= 4 is 29.9 Å². The van der Waals surface area contributed by atoms with Gasteiger partial charge in [-0.1, -0.05) is 6.42 Å². The van der Waals surface area contributed by atoms with E-state index in [1.54, 1.807) is 19.3 Å². The van der Waals surface area contributed by atoms with Gasteiger partial charge in [-0.05, 0) is 71.0 Å². The molecule has 2 unspecified atom stereocenters. The van der Waals surface area contributed by atoms with E-state index in [0.29, 0.717) is 18.3 Å². The lowest BCUT2D eigenvalue weighted by Gasteiger charge is -2.33. The number of aliphatic hydroxyl groups is 1. The summed E-state index contributed by atoms with van der Waals surface area (Å²) in [5, 5.41) is 17.5. The van der Waals surface area contributed by atoms with Crippen LogP contribution in [0.3, 0.4) is 0 Å². The lowest BCUT2D eigenvalue weighted by molar-refractivity contribution is 0.0428. The largest absolute Gasteiger partial charge is 0.468 e. The molecule has 0 bridgehead atoms. The number of rotatable bonds is 8. The topological polar surface area (TPSA) is 86.2 Å². The maximum Gasteiger partial charge on any atom is 0.191 e. The van der Waals surface area contributed by atoms with Gasteiger partial charge in [0.1, 0.15) is 22.9 Å². The first-order valence-corrected chi connectivity index (χ1v) is 10.6. The highest BCUT2D eigenvalue weighted by molar-refractivity contribution is 14.0. The number of hydrogen-bond donors (Lipinski definition) is 3. The summed E-state index contributed by atoms with van der Waals surface area (Å²) >= 11 is 0. The van der Waals surface area contributed by atoms with E-state index in [4.69, 9.17) is 8.83 Å². The second-order valence-electron chi connectivity index (χ2n) is 7.89. The molecule has 1 aliphatic rings. The standard InChI is InChI=1S/C22H34N4O3.HI/c1-4-23-21(25-16-22(3,27)20-11-10-17(2)29-20)24-15-18(19-9-8-14-28-19)26-12-6-5-7-13-26;/h8-11,14,18,27H,4-7,12-13,15-16H2,1-3H3,(H2,23,24,25);1H. The van der Waals surface area contributed by atoms with E-state index in [1.165, 1.54) is 19.3 Å². The Hall–Kier alpha value is -1.52. The van der Waals surface area contributed by atoms with E-state index in [9.17, 15) is 5.11 Å². The summed E-state index contributed by atoms with van der Waals surface area (Å²) in [5.41, 5.74) is -1.16. The van der Waals surface area contributed by atoms with Gasteiger partial charge in [-0.2, -0.15) is 0 Å². The molecule has 0 saturated carbocycles. The maximum atomic E-state index is 10.8. The Kier molecular flexibility index (Phi) is 9.70. The van der Waals surface area contributed by atoms with E-state index < -0.39 is 5.60 Å². The van der Waals surface area contributed by atoms with Gasteiger partial charge in [0.05, 0.1) is 18.8 Å². The van der Waals surface area contributed by atoms with Crippen LogP contribution >= 0.6 is 24.0 Å². The zero-order valence-electron chi connectivity index (χ0n) is 18.2. The maximum absolute atomic E-state index is 10.8. The van der Waals surface area contributed by atoms with Gasteiger partial charge in [-0.15, -0.1) is 24.0 Å². The Morgan fingerprint density at radius 3 is 2.60 bits per heavy atom. The van der Waals surface area contributed by atoms with Crippen molar-refractivity contribution in [1.82, 2.24) is 15.5 Å². The Bertz CT molecular complexity index is 767. The number of aryl methyl sites for hydroxylation is 1. The minimum absolute atomic E-state index is 0. The second-order valence-corrected chi connectivity index (χ2v) is 7.89. The molecule has 1 saturated heterocycles. The smallest absolute Gasteiger partial charge is 0.191 e. The molecule has 1 aliphatic heterocycles. The summed E-state index contributed by atoms with van der Waals surface area (Å²) in [5.74, 6) is 2.94. The Morgan fingerprint density at radius 1 is 1.23 bits per heavy atom. The fraction of sp³-hybridized carbons (Fsp3) is 0.591. The monoisotopic (exact) mass is 530 g/mol. The van der Waals surface area contributed by atoms with Crippen molar-refractivity contribution in [2.45, 2.75) is 51.7 Å². The molecule has 168 valence electrons. The van der Waals surface area contributed by atoms with Gasteiger partial charge < -0.3 is 24.6 Å². The number of guanidine groups is 1. The highest BCUT2D eigenvalue weighted by Crippen LogP contribution is 2.25. The molecular formula is C22H35IN4O3. The molecule has 2 aromatic heterocycles. The molecule has 30 heavy (non-hydrogen) atoms.